The van der Waals surface area contributed by atoms with E-state index in [0.717, 1.165) is 0 Å². The van der Waals surface area contributed by atoms with Gasteiger partial charge in [0.05, 0.1) is 17.1 Å². The van der Waals surface area contributed by atoms with Crippen LogP contribution in [0.15, 0.2) is 18.2 Å². The van der Waals surface area contributed by atoms with Gasteiger partial charge in [-0.1, -0.05) is 11.6 Å². The number of nitrogen functional groups attached to an aromatic ring is 1. The molecular weight excluding hydrogens is 257 g/mol. The van der Waals surface area contributed by atoms with Crippen LogP contribution in [-0.2, 0) is 0 Å². The SMILES string of the molecule is Nc1cc(C(=O)NCCC(F)(F)F)ccc1Cl. The summed E-state index contributed by atoms with van der Waals surface area (Å²) >= 11 is 5.64. The monoisotopic (exact) mass is 266 g/mol. The van der Waals surface area contributed by atoms with Crippen LogP contribution in [0.3, 0.4) is 0 Å². The van der Waals surface area contributed by atoms with Gasteiger partial charge in [0.2, 0.25) is 0 Å². The van der Waals surface area contributed by atoms with Crippen molar-refractivity contribution in [3.63, 3.8) is 0 Å². The molecule has 7 heteroatoms. The molecule has 0 saturated heterocycles. The minimum Gasteiger partial charge on any atom is -0.398 e. The molecule has 1 aromatic rings. The number of hydrogen-bond donors (Lipinski definition) is 2. The fourth-order valence-electron chi connectivity index (χ4n) is 1.10. The molecule has 0 aliphatic carbocycles. The number of hydrogen-bond acceptors (Lipinski definition) is 2. The van der Waals surface area contributed by atoms with E-state index in [1.54, 1.807) is 0 Å². The quantitative estimate of drug-likeness (QED) is 0.826. The lowest BCUT2D eigenvalue weighted by Gasteiger charge is -2.08. The first-order valence-electron chi connectivity index (χ1n) is 4.69. The first kappa shape index (κ1) is 13.6. The second kappa shape index (κ2) is 5.27. The first-order valence-corrected chi connectivity index (χ1v) is 5.07. The van der Waals surface area contributed by atoms with Crippen LogP contribution >= 0.6 is 11.6 Å². The first-order chi connectivity index (χ1) is 7.79. The van der Waals surface area contributed by atoms with Crippen LogP contribution in [0, 0.1) is 0 Å². The van der Waals surface area contributed by atoms with Crippen LogP contribution < -0.4 is 11.1 Å². The second-order valence-corrected chi connectivity index (χ2v) is 3.76. The van der Waals surface area contributed by atoms with Gasteiger partial charge in [0.1, 0.15) is 0 Å². The summed E-state index contributed by atoms with van der Waals surface area (Å²) in [5.41, 5.74) is 5.84. The number of carbonyl (C=O) groups is 1. The van der Waals surface area contributed by atoms with Crippen molar-refractivity contribution in [1.82, 2.24) is 5.32 Å². The summed E-state index contributed by atoms with van der Waals surface area (Å²) in [6, 6.07) is 4.11. The molecule has 1 aromatic carbocycles. The van der Waals surface area contributed by atoms with Crippen molar-refractivity contribution in [3.05, 3.63) is 28.8 Å². The molecule has 0 atom stereocenters. The predicted molar refractivity (Wildman–Crippen MR) is 58.9 cm³/mol. The Bertz CT molecular complexity index is 421. The van der Waals surface area contributed by atoms with Crippen LogP contribution in [0.2, 0.25) is 5.02 Å². The summed E-state index contributed by atoms with van der Waals surface area (Å²) in [4.78, 5) is 11.4. The molecule has 3 nitrogen and oxygen atoms in total. The average molecular weight is 267 g/mol. The van der Waals surface area contributed by atoms with Gasteiger partial charge < -0.3 is 11.1 Å². The molecule has 0 radical (unpaired) electrons. The van der Waals surface area contributed by atoms with Crippen LogP contribution in [0.25, 0.3) is 0 Å². The normalized spacial score (nSPS) is 11.3. The van der Waals surface area contributed by atoms with E-state index in [1.165, 1.54) is 18.2 Å². The van der Waals surface area contributed by atoms with Gasteiger partial charge in [-0.3, -0.25) is 4.79 Å². The summed E-state index contributed by atoms with van der Waals surface area (Å²) in [6.07, 6.45) is -5.35. The van der Waals surface area contributed by atoms with Crippen molar-refractivity contribution in [2.24, 2.45) is 0 Å². The molecular formula is C10H10ClF3N2O. The van der Waals surface area contributed by atoms with E-state index in [1.807, 2.05) is 0 Å². The second-order valence-electron chi connectivity index (χ2n) is 3.36. The van der Waals surface area contributed by atoms with E-state index >= 15 is 0 Å². The highest BCUT2D eigenvalue weighted by molar-refractivity contribution is 6.33. The van der Waals surface area contributed by atoms with Crippen LogP contribution in [0.1, 0.15) is 16.8 Å². The Balaban J connectivity index is 2.56. The number of alkyl halides is 3. The Morgan fingerprint density at radius 1 is 1.41 bits per heavy atom. The molecule has 0 spiro atoms. The van der Waals surface area contributed by atoms with Gasteiger partial charge in [-0.15, -0.1) is 0 Å². The molecule has 17 heavy (non-hydrogen) atoms. The number of nitrogens with two attached hydrogens (primary N) is 1. The number of halogens is 4. The fraction of sp³-hybridized carbons (Fsp3) is 0.300. The summed E-state index contributed by atoms with van der Waals surface area (Å²) in [7, 11) is 0. The molecule has 0 heterocycles. The van der Waals surface area contributed by atoms with Crippen molar-refractivity contribution >= 4 is 23.2 Å². The van der Waals surface area contributed by atoms with Crippen molar-refractivity contribution in [2.75, 3.05) is 12.3 Å². The molecule has 0 unspecified atom stereocenters. The van der Waals surface area contributed by atoms with E-state index in [9.17, 15) is 18.0 Å². The maximum Gasteiger partial charge on any atom is 0.390 e. The highest BCUT2D eigenvalue weighted by Crippen LogP contribution is 2.20. The lowest BCUT2D eigenvalue weighted by molar-refractivity contribution is -0.132. The largest absolute Gasteiger partial charge is 0.398 e. The standard InChI is InChI=1S/C10H10ClF3N2O/c11-7-2-1-6(5-8(7)15)9(17)16-4-3-10(12,13)14/h1-2,5H,3-4,15H2,(H,16,17). The molecule has 0 aliphatic rings. The van der Waals surface area contributed by atoms with Gasteiger partial charge in [-0.05, 0) is 18.2 Å². The van der Waals surface area contributed by atoms with Crippen molar-refractivity contribution in [1.29, 1.82) is 0 Å². The van der Waals surface area contributed by atoms with E-state index in [-0.39, 0.29) is 16.3 Å². The summed E-state index contributed by atoms with van der Waals surface area (Å²) in [5, 5.41) is 2.43. The Hall–Kier alpha value is -1.43. The third-order valence-corrected chi connectivity index (χ3v) is 2.30. The van der Waals surface area contributed by atoms with E-state index in [4.69, 9.17) is 17.3 Å². The lowest BCUT2D eigenvalue weighted by atomic mass is 10.2. The smallest absolute Gasteiger partial charge is 0.390 e. The predicted octanol–water partition coefficient (Wildman–Crippen LogP) is 2.60. The lowest BCUT2D eigenvalue weighted by Crippen LogP contribution is -2.27. The minimum absolute atomic E-state index is 0.175. The zero-order chi connectivity index (χ0) is 13.1. The molecule has 1 rings (SSSR count). The van der Waals surface area contributed by atoms with Gasteiger partial charge in [0.25, 0.3) is 5.91 Å². The van der Waals surface area contributed by atoms with Gasteiger partial charge in [-0.25, -0.2) is 0 Å². The Labute approximate surface area is 101 Å². The van der Waals surface area contributed by atoms with Crippen molar-refractivity contribution in [3.8, 4) is 0 Å². The Morgan fingerprint density at radius 3 is 2.59 bits per heavy atom. The number of amides is 1. The van der Waals surface area contributed by atoms with E-state index in [0.29, 0.717) is 0 Å². The number of rotatable bonds is 3. The van der Waals surface area contributed by atoms with Crippen LogP contribution in [0.5, 0.6) is 0 Å². The zero-order valence-electron chi connectivity index (χ0n) is 8.64. The van der Waals surface area contributed by atoms with E-state index in [2.05, 4.69) is 5.32 Å². The molecule has 0 fully saturated rings. The summed E-state index contributed by atoms with van der Waals surface area (Å²) in [5.74, 6) is -0.613. The molecule has 0 bridgehead atoms. The third kappa shape index (κ3) is 4.52. The van der Waals surface area contributed by atoms with E-state index < -0.39 is 25.0 Å². The maximum absolute atomic E-state index is 11.8. The number of nitrogens with one attached hydrogen (secondary N) is 1. The molecule has 0 aromatic heterocycles. The Kier molecular flexibility index (Phi) is 4.22. The topological polar surface area (TPSA) is 55.1 Å². The van der Waals surface area contributed by atoms with Crippen molar-refractivity contribution in [2.45, 2.75) is 12.6 Å². The Morgan fingerprint density at radius 2 is 2.06 bits per heavy atom. The van der Waals surface area contributed by atoms with Crippen molar-refractivity contribution < 1.29 is 18.0 Å². The summed E-state index contributed by atoms with van der Waals surface area (Å²) < 4.78 is 35.5. The molecule has 0 saturated carbocycles. The van der Waals surface area contributed by atoms with Gasteiger partial charge in [0.15, 0.2) is 0 Å². The van der Waals surface area contributed by atoms with Crippen LogP contribution in [-0.4, -0.2) is 18.6 Å². The van der Waals surface area contributed by atoms with Gasteiger partial charge >= 0.3 is 6.18 Å². The molecule has 1 amide bonds. The van der Waals surface area contributed by atoms with Crippen LogP contribution in [0.4, 0.5) is 18.9 Å². The highest BCUT2D eigenvalue weighted by Gasteiger charge is 2.26. The van der Waals surface area contributed by atoms with Gasteiger partial charge in [-0.2, -0.15) is 13.2 Å². The molecule has 0 aliphatic heterocycles. The van der Waals surface area contributed by atoms with Gasteiger partial charge in [0, 0.05) is 12.1 Å². The summed E-state index contributed by atoms with van der Waals surface area (Å²) in [6.45, 7) is -0.467. The number of benzene rings is 1. The number of anilines is 1. The fourth-order valence-corrected chi connectivity index (χ4v) is 1.22. The third-order valence-electron chi connectivity index (χ3n) is 1.95. The minimum atomic E-state index is -4.29. The zero-order valence-corrected chi connectivity index (χ0v) is 9.40. The highest BCUT2D eigenvalue weighted by atomic mass is 35.5. The average Bonchev–Trinajstić information content (AvgIpc) is 2.20. The molecule has 3 N–H and O–H groups in total. The number of carbonyl (C=O) groups excluding carboxylic acids is 1. The maximum atomic E-state index is 11.8. The molecule has 94 valence electrons.